The molecule has 0 aliphatic heterocycles. The van der Waals surface area contributed by atoms with E-state index in [2.05, 4.69) is 0 Å². The van der Waals surface area contributed by atoms with E-state index in [1.54, 1.807) is 25.1 Å². The predicted molar refractivity (Wildman–Crippen MR) is 48.2 cm³/mol. The van der Waals surface area contributed by atoms with Gasteiger partial charge in [-0.25, -0.2) is 0 Å². The molecule has 11 heavy (non-hydrogen) atoms. The Labute approximate surface area is 74.9 Å². The van der Waals surface area contributed by atoms with Gasteiger partial charge in [-0.2, -0.15) is 0 Å². The zero-order valence-electron chi connectivity index (χ0n) is 5.94. The molecule has 0 amide bonds. The molecule has 0 heterocycles. The largest absolute Gasteiger partial charge is 0.323 e. The molecule has 0 aliphatic carbocycles. The summed E-state index contributed by atoms with van der Waals surface area (Å²) in [6, 6.07) is 5.10. The summed E-state index contributed by atoms with van der Waals surface area (Å²) in [7, 11) is 0. The quantitative estimate of drug-likeness (QED) is 0.479. The van der Waals surface area contributed by atoms with Crippen molar-refractivity contribution < 1.29 is 4.79 Å². The van der Waals surface area contributed by atoms with Crippen molar-refractivity contribution in [2.75, 3.05) is 0 Å². The van der Waals surface area contributed by atoms with E-state index in [4.69, 9.17) is 28.0 Å². The molecule has 1 aromatic carbocycles. The third-order valence-corrected chi connectivity index (χ3v) is 1.95. The van der Waals surface area contributed by atoms with Crippen LogP contribution in [0.1, 0.15) is 12.5 Å². The van der Waals surface area contributed by atoms with Crippen molar-refractivity contribution in [2.45, 2.75) is 6.92 Å². The monoisotopic (exact) mass is 189 g/mol. The maximum absolute atomic E-state index is 9.13. The zero-order valence-corrected chi connectivity index (χ0v) is 7.45. The number of rotatable bonds is 1. The van der Waals surface area contributed by atoms with Crippen LogP contribution < -0.4 is 0 Å². The molecule has 0 bridgehead atoms. The maximum atomic E-state index is 9.13. The SMILES string of the molecule is CC(=[OH+])c1c(Cl)cccc1Cl. The van der Waals surface area contributed by atoms with Crippen LogP contribution in [0.5, 0.6) is 0 Å². The molecule has 0 radical (unpaired) electrons. The molecule has 0 fully saturated rings. The first-order valence-electron chi connectivity index (χ1n) is 3.10. The number of ketones is 1. The van der Waals surface area contributed by atoms with Gasteiger partial charge in [0.05, 0.1) is 17.0 Å². The summed E-state index contributed by atoms with van der Waals surface area (Å²) in [6.07, 6.45) is 0. The number of hydrogen-bond donors (Lipinski definition) is 0. The number of carbonyl (C=O) groups excluding carboxylic acids is 1. The lowest BCUT2D eigenvalue weighted by atomic mass is 10.1. The van der Waals surface area contributed by atoms with Gasteiger partial charge in [0.2, 0.25) is 0 Å². The van der Waals surface area contributed by atoms with Crippen molar-refractivity contribution in [3.8, 4) is 0 Å². The van der Waals surface area contributed by atoms with Crippen molar-refractivity contribution >= 4 is 29.0 Å². The molecule has 1 rings (SSSR count). The topological polar surface area (TPSA) is 21.4 Å². The maximum Gasteiger partial charge on any atom is 0.323 e. The number of benzene rings is 1. The van der Waals surface area contributed by atoms with Crippen molar-refractivity contribution in [2.24, 2.45) is 0 Å². The smallest absolute Gasteiger partial charge is 0.278 e. The van der Waals surface area contributed by atoms with E-state index >= 15 is 0 Å². The van der Waals surface area contributed by atoms with Gasteiger partial charge in [-0.15, -0.1) is 0 Å². The van der Waals surface area contributed by atoms with Crippen molar-refractivity contribution in [3.05, 3.63) is 33.8 Å². The average molecular weight is 190 g/mol. The highest BCUT2D eigenvalue weighted by Gasteiger charge is 2.13. The summed E-state index contributed by atoms with van der Waals surface area (Å²) < 4.78 is 0. The molecule has 1 aromatic rings. The average Bonchev–Trinajstić information content (AvgIpc) is 1.85. The van der Waals surface area contributed by atoms with Crippen LogP contribution in [-0.2, 0) is 0 Å². The number of halogens is 2. The van der Waals surface area contributed by atoms with Gasteiger partial charge in [-0.3, -0.25) is 4.79 Å². The van der Waals surface area contributed by atoms with Gasteiger partial charge >= 0.3 is 5.78 Å². The summed E-state index contributed by atoms with van der Waals surface area (Å²) in [6.45, 7) is 1.55. The summed E-state index contributed by atoms with van der Waals surface area (Å²) in [5.41, 5.74) is 0.510. The molecule has 1 N–H and O–H groups in total. The Morgan fingerprint density at radius 3 is 2.00 bits per heavy atom. The first-order chi connectivity index (χ1) is 5.13. The van der Waals surface area contributed by atoms with Crippen LogP contribution >= 0.6 is 23.2 Å². The molecule has 3 heteroatoms. The van der Waals surface area contributed by atoms with E-state index in [0.717, 1.165) is 0 Å². The second-order valence-electron chi connectivity index (χ2n) is 2.18. The van der Waals surface area contributed by atoms with Gasteiger partial charge in [0.25, 0.3) is 0 Å². The minimum atomic E-state index is 0.139. The van der Waals surface area contributed by atoms with E-state index in [9.17, 15) is 0 Å². The Morgan fingerprint density at radius 2 is 1.73 bits per heavy atom. The van der Waals surface area contributed by atoms with E-state index in [0.29, 0.717) is 15.6 Å². The van der Waals surface area contributed by atoms with Crippen LogP contribution in [0, 0.1) is 0 Å². The number of hydrogen-bond acceptors (Lipinski definition) is 0. The molecule has 0 unspecified atom stereocenters. The summed E-state index contributed by atoms with van der Waals surface area (Å²) in [4.78, 5) is 9.13. The highest BCUT2D eigenvalue weighted by atomic mass is 35.5. The Kier molecular flexibility index (Phi) is 2.53. The summed E-state index contributed by atoms with van der Waals surface area (Å²) in [5, 5.41) is 0.940. The molecule has 0 aromatic heterocycles. The zero-order chi connectivity index (χ0) is 8.43. The lowest BCUT2D eigenvalue weighted by Crippen LogP contribution is -1.95. The van der Waals surface area contributed by atoms with Gasteiger partial charge in [0.1, 0.15) is 5.56 Å². The molecule has 1 nitrogen and oxygen atoms in total. The van der Waals surface area contributed by atoms with E-state index in [1.807, 2.05) is 0 Å². The third kappa shape index (κ3) is 1.73. The minimum Gasteiger partial charge on any atom is -0.278 e. The lowest BCUT2D eigenvalue weighted by Gasteiger charge is -1.96. The predicted octanol–water partition coefficient (Wildman–Crippen LogP) is 2.91. The van der Waals surface area contributed by atoms with Crippen molar-refractivity contribution in [1.29, 1.82) is 0 Å². The second-order valence-corrected chi connectivity index (χ2v) is 3.00. The molecule has 0 atom stereocenters. The molecule has 58 valence electrons. The van der Waals surface area contributed by atoms with Crippen LogP contribution in [0.3, 0.4) is 0 Å². The second kappa shape index (κ2) is 3.24. The Bertz CT molecular complexity index is 274. The third-order valence-electron chi connectivity index (χ3n) is 1.32. The highest BCUT2D eigenvalue weighted by molar-refractivity contribution is 6.39. The molecule has 0 saturated heterocycles. The van der Waals surface area contributed by atoms with E-state index in [1.165, 1.54) is 0 Å². The fraction of sp³-hybridized carbons (Fsp3) is 0.125. The summed E-state index contributed by atoms with van der Waals surface area (Å²) >= 11 is 11.5. The first kappa shape index (κ1) is 8.57. The molecular formula is C8H7Cl2O+. The Hall–Kier alpha value is -0.530. The van der Waals surface area contributed by atoms with E-state index < -0.39 is 0 Å². The standard InChI is InChI=1S/C8H6Cl2O/c1-5(11)8-6(9)3-2-4-7(8)10/h2-4H,1H3/p+1. The minimum absolute atomic E-state index is 0.139. The van der Waals surface area contributed by atoms with Crippen molar-refractivity contribution in [1.82, 2.24) is 0 Å². The van der Waals surface area contributed by atoms with Crippen LogP contribution in [0.25, 0.3) is 0 Å². The van der Waals surface area contributed by atoms with Crippen molar-refractivity contribution in [3.63, 3.8) is 0 Å². The summed E-state index contributed by atoms with van der Waals surface area (Å²) in [5.74, 6) is 0.139. The fourth-order valence-corrected chi connectivity index (χ4v) is 1.51. The highest BCUT2D eigenvalue weighted by Crippen LogP contribution is 2.23. The lowest BCUT2D eigenvalue weighted by molar-refractivity contribution is 0.675. The molecular weight excluding hydrogens is 183 g/mol. The normalized spacial score (nSPS) is 9.73. The van der Waals surface area contributed by atoms with Crippen LogP contribution in [-0.4, -0.2) is 10.6 Å². The fourth-order valence-electron chi connectivity index (χ4n) is 0.843. The first-order valence-corrected chi connectivity index (χ1v) is 3.85. The van der Waals surface area contributed by atoms with Crippen LogP contribution in [0.2, 0.25) is 10.0 Å². The molecule has 0 saturated carbocycles. The van der Waals surface area contributed by atoms with Gasteiger partial charge in [0, 0.05) is 0 Å². The molecule has 0 aliphatic rings. The van der Waals surface area contributed by atoms with Crippen LogP contribution in [0.15, 0.2) is 18.2 Å². The van der Waals surface area contributed by atoms with Gasteiger partial charge < -0.3 is 0 Å². The Balaban J connectivity index is 3.32. The van der Waals surface area contributed by atoms with Gasteiger partial charge in [-0.1, -0.05) is 29.3 Å². The molecule has 0 spiro atoms. The van der Waals surface area contributed by atoms with E-state index in [-0.39, 0.29) is 5.78 Å². The van der Waals surface area contributed by atoms with Gasteiger partial charge in [0.15, 0.2) is 0 Å². The van der Waals surface area contributed by atoms with Crippen LogP contribution in [0.4, 0.5) is 0 Å². The van der Waals surface area contributed by atoms with Gasteiger partial charge in [-0.05, 0) is 12.1 Å². The Morgan fingerprint density at radius 1 is 1.27 bits per heavy atom.